The number of carbonyl (C=O) groups excluding carboxylic acids is 1. The number of hydrogen-bond donors (Lipinski definition) is 2. The molecule has 0 bridgehead atoms. The molecule has 0 aromatic heterocycles. The molecular formula is C27H18O6. The van der Waals surface area contributed by atoms with Crippen LogP contribution >= 0.6 is 0 Å². The van der Waals surface area contributed by atoms with Gasteiger partial charge in [0.15, 0.2) is 0 Å². The lowest BCUT2D eigenvalue weighted by atomic mass is 9.92. The average Bonchev–Trinajstić information content (AvgIpc) is 2.84. The van der Waals surface area contributed by atoms with Crippen LogP contribution in [0.15, 0.2) is 91.0 Å². The summed E-state index contributed by atoms with van der Waals surface area (Å²) >= 11 is 0. The molecule has 0 aliphatic carbocycles. The molecule has 0 saturated carbocycles. The molecule has 4 aromatic rings. The van der Waals surface area contributed by atoms with Crippen molar-refractivity contribution >= 4 is 18.4 Å². The van der Waals surface area contributed by atoms with Gasteiger partial charge in [0.25, 0.3) is 6.47 Å². The fourth-order valence-corrected chi connectivity index (χ4v) is 3.52. The monoisotopic (exact) mass is 438 g/mol. The molecule has 0 unspecified atom stereocenters. The second-order valence-electron chi connectivity index (χ2n) is 7.30. The van der Waals surface area contributed by atoms with E-state index in [0.717, 1.165) is 33.4 Å². The van der Waals surface area contributed by atoms with Gasteiger partial charge in [0.2, 0.25) is 0 Å². The van der Waals surface area contributed by atoms with Crippen LogP contribution in [0.1, 0.15) is 20.7 Å². The van der Waals surface area contributed by atoms with Gasteiger partial charge in [0.1, 0.15) is 5.75 Å². The van der Waals surface area contributed by atoms with E-state index in [2.05, 4.69) is 0 Å². The van der Waals surface area contributed by atoms with Gasteiger partial charge >= 0.3 is 11.9 Å². The molecule has 0 saturated heterocycles. The van der Waals surface area contributed by atoms with Crippen molar-refractivity contribution in [2.75, 3.05) is 0 Å². The Morgan fingerprint density at radius 3 is 1.18 bits per heavy atom. The summed E-state index contributed by atoms with van der Waals surface area (Å²) in [6, 6.07) is 26.2. The van der Waals surface area contributed by atoms with Crippen LogP contribution in [0.2, 0.25) is 0 Å². The van der Waals surface area contributed by atoms with E-state index in [0.29, 0.717) is 12.2 Å². The van der Waals surface area contributed by atoms with E-state index in [-0.39, 0.29) is 11.1 Å². The molecular weight excluding hydrogens is 420 g/mol. The van der Waals surface area contributed by atoms with E-state index < -0.39 is 11.9 Å². The minimum absolute atomic E-state index is 0.199. The zero-order valence-electron chi connectivity index (χ0n) is 17.3. The van der Waals surface area contributed by atoms with Gasteiger partial charge in [-0.3, -0.25) is 4.79 Å². The molecule has 33 heavy (non-hydrogen) atoms. The Bertz CT molecular complexity index is 1250. The third-order valence-corrected chi connectivity index (χ3v) is 5.24. The Morgan fingerprint density at radius 2 is 0.879 bits per heavy atom. The van der Waals surface area contributed by atoms with E-state index in [1.165, 1.54) is 0 Å². The van der Waals surface area contributed by atoms with Crippen LogP contribution in [0.4, 0.5) is 0 Å². The number of benzene rings is 4. The van der Waals surface area contributed by atoms with Crippen molar-refractivity contribution in [3.8, 4) is 39.1 Å². The number of carboxylic acids is 2. The number of carboxylic acid groups (broad SMARTS) is 2. The van der Waals surface area contributed by atoms with Crippen molar-refractivity contribution in [2.24, 2.45) is 0 Å². The maximum atomic E-state index is 11.2. The summed E-state index contributed by atoms with van der Waals surface area (Å²) in [6.07, 6.45) is 0. The van der Waals surface area contributed by atoms with E-state index in [9.17, 15) is 24.6 Å². The number of hydrogen-bond acceptors (Lipinski definition) is 4. The first kappa shape index (κ1) is 21.5. The van der Waals surface area contributed by atoms with Crippen LogP contribution in [0, 0.1) is 0 Å². The van der Waals surface area contributed by atoms with Crippen LogP contribution < -0.4 is 4.74 Å². The lowest BCUT2D eigenvalue weighted by Crippen LogP contribution is -1.95. The van der Waals surface area contributed by atoms with Crippen LogP contribution in [0.5, 0.6) is 5.75 Å². The highest BCUT2D eigenvalue weighted by Gasteiger charge is 2.10. The van der Waals surface area contributed by atoms with Gasteiger partial charge in [-0.05, 0) is 88.0 Å². The zero-order chi connectivity index (χ0) is 23.4. The second-order valence-corrected chi connectivity index (χ2v) is 7.30. The summed E-state index contributed by atoms with van der Waals surface area (Å²) in [5, 5.41) is 18.4. The molecule has 4 aromatic carbocycles. The Kier molecular flexibility index (Phi) is 6.00. The normalized spacial score (nSPS) is 10.4. The van der Waals surface area contributed by atoms with Crippen molar-refractivity contribution < 1.29 is 29.3 Å². The molecule has 0 fully saturated rings. The summed E-state index contributed by atoms with van der Waals surface area (Å²) in [5.41, 5.74) is 5.60. The summed E-state index contributed by atoms with van der Waals surface area (Å²) in [5.74, 6) is -1.56. The predicted molar refractivity (Wildman–Crippen MR) is 123 cm³/mol. The summed E-state index contributed by atoms with van der Waals surface area (Å²) < 4.78 is 4.87. The largest absolute Gasteiger partial charge is 0.478 e. The van der Waals surface area contributed by atoms with Crippen molar-refractivity contribution in [3.63, 3.8) is 0 Å². The molecule has 0 aliphatic heterocycles. The fraction of sp³-hybridized carbons (Fsp3) is 0. The zero-order valence-corrected chi connectivity index (χ0v) is 17.3. The lowest BCUT2D eigenvalue weighted by Gasteiger charge is -2.12. The molecule has 0 heterocycles. The van der Waals surface area contributed by atoms with Gasteiger partial charge in [-0.15, -0.1) is 0 Å². The molecule has 2 N–H and O–H groups in total. The topological polar surface area (TPSA) is 101 Å². The fourth-order valence-electron chi connectivity index (χ4n) is 3.52. The highest BCUT2D eigenvalue weighted by Crippen LogP contribution is 2.33. The van der Waals surface area contributed by atoms with E-state index >= 15 is 0 Å². The highest BCUT2D eigenvalue weighted by atomic mass is 16.5. The van der Waals surface area contributed by atoms with Gasteiger partial charge < -0.3 is 14.9 Å². The van der Waals surface area contributed by atoms with E-state index in [1.807, 2.05) is 30.3 Å². The van der Waals surface area contributed by atoms with Crippen molar-refractivity contribution in [1.82, 2.24) is 0 Å². The minimum Gasteiger partial charge on any atom is -0.478 e. The second kappa shape index (κ2) is 9.20. The number of ether oxygens (including phenoxy) is 1. The van der Waals surface area contributed by atoms with Crippen molar-refractivity contribution in [3.05, 3.63) is 102 Å². The molecule has 0 spiro atoms. The first-order chi connectivity index (χ1) is 15.9. The molecule has 6 nitrogen and oxygen atoms in total. The summed E-state index contributed by atoms with van der Waals surface area (Å²) in [4.78, 5) is 33.0. The molecule has 0 amide bonds. The van der Waals surface area contributed by atoms with Crippen molar-refractivity contribution in [2.45, 2.75) is 0 Å². The van der Waals surface area contributed by atoms with Gasteiger partial charge in [-0.2, -0.15) is 0 Å². The van der Waals surface area contributed by atoms with Crippen LogP contribution in [0.3, 0.4) is 0 Å². The molecule has 4 rings (SSSR count). The Hall–Kier alpha value is -4.71. The van der Waals surface area contributed by atoms with E-state index in [4.69, 9.17) is 4.74 Å². The number of aromatic carboxylic acids is 2. The minimum atomic E-state index is -0.993. The average molecular weight is 438 g/mol. The van der Waals surface area contributed by atoms with Gasteiger partial charge in [-0.25, -0.2) is 9.59 Å². The van der Waals surface area contributed by atoms with E-state index in [1.54, 1.807) is 60.7 Å². The smallest absolute Gasteiger partial charge is 0.335 e. The van der Waals surface area contributed by atoms with Crippen LogP contribution in [0.25, 0.3) is 33.4 Å². The molecule has 0 radical (unpaired) electrons. The quantitative estimate of drug-likeness (QED) is 0.363. The maximum Gasteiger partial charge on any atom is 0.335 e. The summed E-state index contributed by atoms with van der Waals surface area (Å²) in [7, 11) is 0. The first-order valence-corrected chi connectivity index (χ1v) is 9.98. The molecule has 162 valence electrons. The molecule has 6 heteroatoms. The number of carbonyl (C=O) groups is 3. The highest BCUT2D eigenvalue weighted by molar-refractivity contribution is 5.90. The van der Waals surface area contributed by atoms with Crippen LogP contribution in [-0.4, -0.2) is 28.6 Å². The van der Waals surface area contributed by atoms with Gasteiger partial charge in [0.05, 0.1) is 11.1 Å². The Balaban J connectivity index is 1.82. The van der Waals surface area contributed by atoms with Crippen LogP contribution in [-0.2, 0) is 4.79 Å². The first-order valence-electron chi connectivity index (χ1n) is 9.98. The maximum absolute atomic E-state index is 11.2. The Morgan fingerprint density at radius 1 is 0.545 bits per heavy atom. The van der Waals surface area contributed by atoms with Gasteiger partial charge in [0, 0.05) is 0 Å². The third-order valence-electron chi connectivity index (χ3n) is 5.24. The van der Waals surface area contributed by atoms with Gasteiger partial charge in [-0.1, -0.05) is 36.4 Å². The predicted octanol–water partition coefficient (Wildman–Crippen LogP) is 5.62. The third kappa shape index (κ3) is 4.80. The lowest BCUT2D eigenvalue weighted by molar-refractivity contribution is -0.120. The van der Waals surface area contributed by atoms with Crippen molar-refractivity contribution in [1.29, 1.82) is 0 Å². The number of rotatable bonds is 7. The molecule has 0 atom stereocenters. The summed E-state index contributed by atoms with van der Waals surface area (Å²) in [6.45, 7) is 0.370. The Labute approximate surface area is 189 Å². The SMILES string of the molecule is O=COc1ccc(-c2cc(-c3ccc(C(=O)O)cc3)cc(-c3ccc(C(=O)O)cc3)c2)cc1. The standard InChI is InChI=1S/C27H18O6/c28-16-33-25-11-9-19(10-12-25)24-14-22(17-1-5-20(6-2-17)26(29)30)13-23(15-24)18-3-7-21(8-4-18)27(31)32/h1-16H,(H,29,30)(H,31,32). The molecule has 0 aliphatic rings.